The first-order chi connectivity index (χ1) is 6.94. The molecule has 0 saturated carbocycles. The number of hydrogen-bond donors (Lipinski definition) is 2. The number of unbranched alkanes of at least 4 members (excludes halogenated alkanes) is 1. The van der Waals surface area contributed by atoms with E-state index in [0.29, 0.717) is 6.54 Å². The Morgan fingerprint density at radius 1 is 1.27 bits per heavy atom. The van der Waals surface area contributed by atoms with Gasteiger partial charge in [0.1, 0.15) is 0 Å². The Balaban J connectivity index is 4.13. The molecular formula is C12H27NO2. The summed E-state index contributed by atoms with van der Waals surface area (Å²) in [4.78, 5) is 2.23. The van der Waals surface area contributed by atoms with Crippen LogP contribution in [-0.4, -0.2) is 47.5 Å². The van der Waals surface area contributed by atoms with Crippen molar-refractivity contribution in [2.75, 3.05) is 26.2 Å². The molecule has 0 saturated heterocycles. The molecule has 1 unspecified atom stereocenters. The molecule has 3 heteroatoms. The summed E-state index contributed by atoms with van der Waals surface area (Å²) in [6, 6.07) is 0. The summed E-state index contributed by atoms with van der Waals surface area (Å²) in [5.74, 6) is 0. The lowest BCUT2D eigenvalue weighted by atomic mass is 9.87. The van der Waals surface area contributed by atoms with Gasteiger partial charge in [-0.1, -0.05) is 27.2 Å². The van der Waals surface area contributed by atoms with Gasteiger partial charge in [-0.05, 0) is 19.9 Å². The molecule has 0 aromatic heterocycles. The maximum absolute atomic E-state index is 9.63. The minimum absolute atomic E-state index is 0.108. The summed E-state index contributed by atoms with van der Waals surface area (Å²) in [5, 5.41) is 18.6. The second kappa shape index (κ2) is 7.20. The topological polar surface area (TPSA) is 43.7 Å². The lowest BCUT2D eigenvalue weighted by Gasteiger charge is -2.34. The first-order valence-electron chi connectivity index (χ1n) is 5.95. The van der Waals surface area contributed by atoms with Gasteiger partial charge in [0.2, 0.25) is 0 Å². The highest BCUT2D eigenvalue weighted by atomic mass is 16.3. The Morgan fingerprint density at radius 3 is 2.27 bits per heavy atom. The van der Waals surface area contributed by atoms with Crippen LogP contribution in [0.2, 0.25) is 0 Å². The number of aliphatic hydroxyl groups excluding tert-OH is 2. The zero-order valence-electron chi connectivity index (χ0n) is 10.7. The van der Waals surface area contributed by atoms with Crippen molar-refractivity contribution in [2.24, 2.45) is 5.41 Å². The van der Waals surface area contributed by atoms with Crippen LogP contribution in [0.3, 0.4) is 0 Å². The summed E-state index contributed by atoms with van der Waals surface area (Å²) in [6.45, 7) is 10.9. The largest absolute Gasteiger partial charge is 0.395 e. The van der Waals surface area contributed by atoms with Crippen LogP contribution in [0.1, 0.15) is 40.5 Å². The van der Waals surface area contributed by atoms with Crippen LogP contribution >= 0.6 is 0 Å². The fourth-order valence-electron chi connectivity index (χ4n) is 1.50. The van der Waals surface area contributed by atoms with Gasteiger partial charge in [-0.15, -0.1) is 0 Å². The number of hydrogen-bond acceptors (Lipinski definition) is 3. The molecule has 0 aromatic carbocycles. The molecule has 92 valence electrons. The molecule has 2 N–H and O–H groups in total. The van der Waals surface area contributed by atoms with E-state index in [2.05, 4.69) is 25.7 Å². The Bertz CT molecular complexity index is 158. The minimum atomic E-state index is -0.319. The van der Waals surface area contributed by atoms with Gasteiger partial charge in [-0.2, -0.15) is 0 Å². The van der Waals surface area contributed by atoms with E-state index < -0.39 is 0 Å². The molecule has 0 spiro atoms. The fourth-order valence-corrected chi connectivity index (χ4v) is 1.50. The van der Waals surface area contributed by atoms with Gasteiger partial charge in [0.15, 0.2) is 0 Å². The van der Waals surface area contributed by atoms with Gasteiger partial charge < -0.3 is 15.1 Å². The molecule has 1 atom stereocenters. The molecule has 0 aliphatic carbocycles. The van der Waals surface area contributed by atoms with Crippen LogP contribution in [0.5, 0.6) is 0 Å². The van der Waals surface area contributed by atoms with Gasteiger partial charge >= 0.3 is 0 Å². The molecule has 0 heterocycles. The van der Waals surface area contributed by atoms with Crippen molar-refractivity contribution in [2.45, 2.75) is 46.6 Å². The van der Waals surface area contributed by atoms with Crippen LogP contribution in [0.15, 0.2) is 0 Å². The summed E-state index contributed by atoms with van der Waals surface area (Å²) >= 11 is 0. The van der Waals surface area contributed by atoms with E-state index in [0.717, 1.165) is 25.9 Å². The quantitative estimate of drug-likeness (QED) is 0.647. The third kappa shape index (κ3) is 6.13. The van der Waals surface area contributed by atoms with E-state index in [1.165, 1.54) is 0 Å². The smallest absolute Gasteiger partial charge is 0.0575 e. The zero-order chi connectivity index (χ0) is 11.9. The van der Waals surface area contributed by atoms with Crippen molar-refractivity contribution in [1.29, 1.82) is 0 Å². The van der Waals surface area contributed by atoms with E-state index in [9.17, 15) is 5.11 Å². The van der Waals surface area contributed by atoms with Gasteiger partial charge in [0, 0.05) is 18.5 Å². The maximum atomic E-state index is 9.63. The predicted octanol–water partition coefficient (Wildman–Crippen LogP) is 1.49. The minimum Gasteiger partial charge on any atom is -0.395 e. The van der Waals surface area contributed by atoms with Gasteiger partial charge in [-0.3, -0.25) is 0 Å². The second-order valence-electron chi connectivity index (χ2n) is 5.02. The average molecular weight is 217 g/mol. The molecule has 0 bridgehead atoms. The van der Waals surface area contributed by atoms with E-state index >= 15 is 0 Å². The molecule has 0 amide bonds. The number of aliphatic hydroxyl groups is 2. The SMILES string of the molecule is CCCCN(CCO)CC(C)(C)C(C)O. The second-order valence-corrected chi connectivity index (χ2v) is 5.02. The van der Waals surface area contributed by atoms with Crippen LogP contribution < -0.4 is 0 Å². The van der Waals surface area contributed by atoms with Crippen LogP contribution in [0.25, 0.3) is 0 Å². The first kappa shape index (κ1) is 14.9. The maximum Gasteiger partial charge on any atom is 0.0575 e. The van der Waals surface area contributed by atoms with E-state index in [-0.39, 0.29) is 18.1 Å². The molecular weight excluding hydrogens is 190 g/mol. The normalized spacial score (nSPS) is 14.6. The molecule has 0 aliphatic rings. The Kier molecular flexibility index (Phi) is 7.14. The Morgan fingerprint density at radius 2 is 1.87 bits per heavy atom. The van der Waals surface area contributed by atoms with Crippen molar-refractivity contribution in [1.82, 2.24) is 4.90 Å². The van der Waals surface area contributed by atoms with E-state index in [1.54, 1.807) is 0 Å². The Hall–Kier alpha value is -0.120. The third-order valence-electron chi connectivity index (χ3n) is 3.01. The Labute approximate surface area is 94.1 Å². The summed E-state index contributed by atoms with van der Waals surface area (Å²) < 4.78 is 0. The van der Waals surface area contributed by atoms with E-state index in [1.807, 2.05) is 6.92 Å². The summed E-state index contributed by atoms with van der Waals surface area (Å²) in [7, 11) is 0. The highest BCUT2D eigenvalue weighted by molar-refractivity contribution is 4.78. The highest BCUT2D eigenvalue weighted by Gasteiger charge is 2.26. The lowest BCUT2D eigenvalue weighted by molar-refractivity contribution is 0.0297. The van der Waals surface area contributed by atoms with Gasteiger partial charge in [0.05, 0.1) is 12.7 Å². The summed E-state index contributed by atoms with van der Waals surface area (Å²) in [5.41, 5.74) is -0.108. The zero-order valence-corrected chi connectivity index (χ0v) is 10.7. The highest BCUT2D eigenvalue weighted by Crippen LogP contribution is 2.21. The van der Waals surface area contributed by atoms with Gasteiger partial charge in [-0.25, -0.2) is 0 Å². The number of nitrogens with zero attached hydrogens (tertiary/aromatic N) is 1. The molecule has 0 fully saturated rings. The third-order valence-corrected chi connectivity index (χ3v) is 3.01. The monoisotopic (exact) mass is 217 g/mol. The van der Waals surface area contributed by atoms with Crippen molar-refractivity contribution in [3.63, 3.8) is 0 Å². The molecule has 0 aliphatic heterocycles. The van der Waals surface area contributed by atoms with Crippen molar-refractivity contribution in [3.05, 3.63) is 0 Å². The molecule has 0 rings (SSSR count). The summed E-state index contributed by atoms with van der Waals surface area (Å²) in [6.07, 6.45) is 1.99. The van der Waals surface area contributed by atoms with Crippen LogP contribution in [0, 0.1) is 5.41 Å². The van der Waals surface area contributed by atoms with Crippen molar-refractivity contribution >= 4 is 0 Å². The molecule has 15 heavy (non-hydrogen) atoms. The molecule has 0 aromatic rings. The first-order valence-corrected chi connectivity index (χ1v) is 5.95. The van der Waals surface area contributed by atoms with Crippen molar-refractivity contribution < 1.29 is 10.2 Å². The fraction of sp³-hybridized carbons (Fsp3) is 1.00. The lowest BCUT2D eigenvalue weighted by Crippen LogP contribution is -2.42. The van der Waals surface area contributed by atoms with Crippen molar-refractivity contribution in [3.8, 4) is 0 Å². The average Bonchev–Trinajstić information content (AvgIpc) is 2.14. The van der Waals surface area contributed by atoms with Crippen LogP contribution in [-0.2, 0) is 0 Å². The number of rotatable bonds is 8. The predicted molar refractivity (Wildman–Crippen MR) is 63.9 cm³/mol. The van der Waals surface area contributed by atoms with Crippen LogP contribution in [0.4, 0.5) is 0 Å². The molecule has 0 radical (unpaired) electrons. The van der Waals surface area contributed by atoms with Gasteiger partial charge in [0.25, 0.3) is 0 Å². The standard InChI is InChI=1S/C12H27NO2/c1-5-6-7-13(8-9-14)10-12(3,4)11(2)15/h11,14-15H,5-10H2,1-4H3. The molecule has 3 nitrogen and oxygen atoms in total. The van der Waals surface area contributed by atoms with E-state index in [4.69, 9.17) is 5.11 Å².